The molecule has 0 atom stereocenters. The highest BCUT2D eigenvalue weighted by Gasteiger charge is 2.27. The molecule has 8 nitrogen and oxygen atoms in total. The van der Waals surface area contributed by atoms with Gasteiger partial charge in [0.15, 0.2) is 0 Å². The fraction of sp³-hybridized carbons (Fsp3) is 0.350. The Kier molecular flexibility index (Phi) is 5.33. The van der Waals surface area contributed by atoms with E-state index in [1.807, 2.05) is 12.3 Å². The maximum Gasteiger partial charge on any atom is 0.240 e. The van der Waals surface area contributed by atoms with Crippen molar-refractivity contribution in [3.05, 3.63) is 48.5 Å². The molecule has 1 fully saturated rings. The van der Waals surface area contributed by atoms with Gasteiger partial charge in [-0.15, -0.1) is 0 Å². The van der Waals surface area contributed by atoms with Gasteiger partial charge in [0.25, 0.3) is 0 Å². The summed E-state index contributed by atoms with van der Waals surface area (Å²) < 4.78 is 29.4. The lowest BCUT2D eigenvalue weighted by atomic mass is 10.3. The summed E-state index contributed by atoms with van der Waals surface area (Å²) in [5.74, 6) is 1.46. The third-order valence-corrected chi connectivity index (χ3v) is 6.35. The predicted molar refractivity (Wildman–Crippen MR) is 111 cm³/mol. The second-order valence-corrected chi connectivity index (χ2v) is 8.68. The van der Waals surface area contributed by atoms with Crippen molar-refractivity contribution in [3.63, 3.8) is 0 Å². The summed E-state index contributed by atoms with van der Waals surface area (Å²) in [6, 6.07) is 8.52. The Morgan fingerprint density at radius 2 is 1.86 bits per heavy atom. The van der Waals surface area contributed by atoms with Gasteiger partial charge in [-0.3, -0.25) is 0 Å². The number of anilines is 2. The van der Waals surface area contributed by atoms with Crippen LogP contribution >= 0.6 is 0 Å². The summed E-state index contributed by atoms with van der Waals surface area (Å²) in [7, 11) is -3.46. The summed E-state index contributed by atoms with van der Waals surface area (Å²) in [5, 5.41) is 3.14. The number of aryl methyl sites for hydroxylation is 1. The van der Waals surface area contributed by atoms with Crippen LogP contribution in [0.15, 0.2) is 47.6 Å². The minimum absolute atomic E-state index is 0.0822. The Hall–Kier alpha value is -2.78. The molecule has 0 spiro atoms. The van der Waals surface area contributed by atoms with E-state index in [1.165, 1.54) is 0 Å². The molecule has 1 aromatic carbocycles. The Bertz CT molecular complexity index is 1100. The number of hydrogen-bond acceptors (Lipinski definition) is 6. The molecule has 9 heteroatoms. The molecule has 0 amide bonds. The number of hydrogen-bond donors (Lipinski definition) is 2. The first kappa shape index (κ1) is 19.5. The number of sulfonamides is 1. The molecular formula is C20H24N6O2S. The van der Waals surface area contributed by atoms with Crippen LogP contribution in [0, 0.1) is 0 Å². The molecule has 2 heterocycles. The zero-order valence-electron chi connectivity index (χ0n) is 16.5. The van der Waals surface area contributed by atoms with Crippen molar-refractivity contribution in [2.45, 2.75) is 50.6 Å². The van der Waals surface area contributed by atoms with Gasteiger partial charge in [-0.05, 0) is 50.1 Å². The molecule has 2 N–H and O–H groups in total. The van der Waals surface area contributed by atoms with Crippen molar-refractivity contribution in [1.82, 2.24) is 24.2 Å². The summed E-state index contributed by atoms with van der Waals surface area (Å²) in [5.41, 5.74) is 2.44. The third kappa shape index (κ3) is 4.30. The summed E-state index contributed by atoms with van der Waals surface area (Å²) in [6.07, 6.45) is 6.20. The number of imidazole rings is 1. The molecule has 3 aromatic rings. The second-order valence-electron chi connectivity index (χ2n) is 6.97. The van der Waals surface area contributed by atoms with E-state index in [0.717, 1.165) is 43.0 Å². The topological polar surface area (TPSA) is 102 Å². The van der Waals surface area contributed by atoms with E-state index in [1.54, 1.807) is 30.5 Å². The van der Waals surface area contributed by atoms with Crippen molar-refractivity contribution in [2.75, 3.05) is 5.32 Å². The number of benzene rings is 1. The van der Waals surface area contributed by atoms with Gasteiger partial charge in [0, 0.05) is 30.9 Å². The van der Waals surface area contributed by atoms with E-state index in [2.05, 4.69) is 43.4 Å². The molecule has 152 valence electrons. The van der Waals surface area contributed by atoms with Gasteiger partial charge in [-0.25, -0.2) is 28.1 Å². The van der Waals surface area contributed by atoms with E-state index < -0.39 is 10.0 Å². The van der Waals surface area contributed by atoms with Gasteiger partial charge in [-0.2, -0.15) is 0 Å². The Morgan fingerprint density at radius 3 is 2.52 bits per heavy atom. The highest BCUT2D eigenvalue weighted by atomic mass is 32.2. The predicted octanol–water partition coefficient (Wildman–Crippen LogP) is 3.11. The molecule has 2 aromatic heterocycles. The Morgan fingerprint density at radius 1 is 1.10 bits per heavy atom. The van der Waals surface area contributed by atoms with Gasteiger partial charge in [0.05, 0.1) is 22.5 Å². The molecule has 0 unspecified atom stereocenters. The molecule has 0 bridgehead atoms. The molecule has 29 heavy (non-hydrogen) atoms. The molecule has 0 saturated heterocycles. The quantitative estimate of drug-likeness (QED) is 0.589. The van der Waals surface area contributed by atoms with E-state index in [-0.39, 0.29) is 10.9 Å². The number of nitrogens with zero attached hydrogens (tertiary/aromatic N) is 4. The summed E-state index contributed by atoms with van der Waals surface area (Å²) in [4.78, 5) is 13.6. The first-order valence-corrected chi connectivity index (χ1v) is 11.3. The lowest BCUT2D eigenvalue weighted by Gasteiger charge is -2.10. The Labute approximate surface area is 170 Å². The minimum Gasteiger partial charge on any atom is -0.327 e. The standard InChI is InChI=1S/C20H24N6O2S/c1-3-19-22-13-18(26(19)4-2)17-11-12-21-20(24-17)23-14-7-9-16(10-8-14)29(27,28)25-15-5-6-15/h7-13,15,25H,3-6H2,1-2H3,(H,21,23,24). The zero-order chi connectivity index (χ0) is 20.4. The van der Waals surface area contributed by atoms with Crippen molar-refractivity contribution in [2.24, 2.45) is 0 Å². The van der Waals surface area contributed by atoms with Crippen LogP contribution in [-0.4, -0.2) is 34.0 Å². The zero-order valence-corrected chi connectivity index (χ0v) is 17.3. The van der Waals surface area contributed by atoms with Crippen LogP contribution in [0.25, 0.3) is 11.4 Å². The highest BCUT2D eigenvalue weighted by Crippen LogP contribution is 2.24. The fourth-order valence-electron chi connectivity index (χ4n) is 3.15. The average molecular weight is 413 g/mol. The SMILES string of the molecule is CCc1ncc(-c2ccnc(Nc3ccc(S(=O)(=O)NC4CC4)cc3)n2)n1CC. The van der Waals surface area contributed by atoms with Gasteiger partial charge >= 0.3 is 0 Å². The van der Waals surface area contributed by atoms with Crippen LogP contribution < -0.4 is 10.0 Å². The van der Waals surface area contributed by atoms with Crippen molar-refractivity contribution in [1.29, 1.82) is 0 Å². The number of aromatic nitrogens is 4. The largest absolute Gasteiger partial charge is 0.327 e. The molecular weight excluding hydrogens is 388 g/mol. The molecule has 1 aliphatic carbocycles. The van der Waals surface area contributed by atoms with E-state index >= 15 is 0 Å². The van der Waals surface area contributed by atoms with E-state index in [9.17, 15) is 8.42 Å². The van der Waals surface area contributed by atoms with Crippen molar-refractivity contribution >= 4 is 21.7 Å². The van der Waals surface area contributed by atoms with Crippen molar-refractivity contribution < 1.29 is 8.42 Å². The third-order valence-electron chi connectivity index (χ3n) is 4.81. The summed E-state index contributed by atoms with van der Waals surface area (Å²) in [6.45, 7) is 4.98. The molecule has 0 aliphatic heterocycles. The van der Waals surface area contributed by atoms with Crippen molar-refractivity contribution in [3.8, 4) is 11.4 Å². The molecule has 1 aliphatic rings. The van der Waals surface area contributed by atoms with E-state index in [4.69, 9.17) is 0 Å². The van der Waals surface area contributed by atoms with Gasteiger partial charge in [0.1, 0.15) is 5.82 Å². The first-order valence-electron chi connectivity index (χ1n) is 9.77. The maximum atomic E-state index is 12.3. The van der Waals surface area contributed by atoms with Crippen LogP contribution in [-0.2, 0) is 23.0 Å². The maximum absolute atomic E-state index is 12.3. The summed E-state index contributed by atoms with van der Waals surface area (Å²) >= 11 is 0. The van der Waals surface area contributed by atoms with E-state index in [0.29, 0.717) is 11.6 Å². The van der Waals surface area contributed by atoms with Gasteiger partial charge in [0.2, 0.25) is 16.0 Å². The van der Waals surface area contributed by atoms with Crippen LogP contribution in [0.1, 0.15) is 32.5 Å². The van der Waals surface area contributed by atoms with Crippen LogP contribution in [0.5, 0.6) is 0 Å². The molecule has 4 rings (SSSR count). The van der Waals surface area contributed by atoms with Crippen LogP contribution in [0.4, 0.5) is 11.6 Å². The van der Waals surface area contributed by atoms with Crippen LogP contribution in [0.3, 0.4) is 0 Å². The molecule has 1 saturated carbocycles. The van der Waals surface area contributed by atoms with Gasteiger partial charge in [-0.1, -0.05) is 6.92 Å². The fourth-order valence-corrected chi connectivity index (χ4v) is 4.46. The minimum atomic E-state index is -3.46. The second kappa shape index (κ2) is 7.92. The smallest absolute Gasteiger partial charge is 0.240 e. The number of rotatable bonds is 8. The highest BCUT2D eigenvalue weighted by molar-refractivity contribution is 7.89. The lowest BCUT2D eigenvalue weighted by Crippen LogP contribution is -2.25. The lowest BCUT2D eigenvalue weighted by molar-refractivity contribution is 0.581. The van der Waals surface area contributed by atoms with Crippen LogP contribution in [0.2, 0.25) is 0 Å². The molecule has 0 radical (unpaired) electrons. The average Bonchev–Trinajstić information content (AvgIpc) is 3.42. The Balaban J connectivity index is 1.53. The first-order chi connectivity index (χ1) is 14.0. The normalized spacial score (nSPS) is 14.1. The number of nitrogens with one attached hydrogen (secondary N) is 2. The van der Waals surface area contributed by atoms with Gasteiger partial charge < -0.3 is 9.88 Å². The monoisotopic (exact) mass is 412 g/mol.